The van der Waals surface area contributed by atoms with Crippen molar-refractivity contribution >= 4 is 32.3 Å². The van der Waals surface area contributed by atoms with E-state index in [1.807, 2.05) is 19.1 Å². The Bertz CT molecular complexity index is 1310. The van der Waals surface area contributed by atoms with Crippen LogP contribution in [-0.2, 0) is 14.8 Å². The van der Waals surface area contributed by atoms with E-state index in [0.29, 0.717) is 22.9 Å². The van der Waals surface area contributed by atoms with Gasteiger partial charge in [0.2, 0.25) is 0 Å². The predicted octanol–water partition coefficient (Wildman–Crippen LogP) is 3.55. The minimum atomic E-state index is -3.81. The average molecular weight is 391 g/mol. The third-order valence-electron chi connectivity index (χ3n) is 6.13. The van der Waals surface area contributed by atoms with Crippen molar-refractivity contribution in [2.24, 2.45) is 5.92 Å². The lowest BCUT2D eigenvalue weighted by Gasteiger charge is -2.17. The number of ether oxygens (including phenoxy) is 1. The van der Waals surface area contributed by atoms with Crippen molar-refractivity contribution in [1.82, 2.24) is 3.97 Å². The fourth-order valence-corrected chi connectivity index (χ4v) is 6.16. The maximum absolute atomic E-state index is 13.3. The Hall–Kier alpha value is -2.70. The number of fused-ring (bicyclic) bond motifs is 2. The van der Waals surface area contributed by atoms with Gasteiger partial charge in [-0.15, -0.1) is 0 Å². The van der Waals surface area contributed by atoms with Crippen molar-refractivity contribution < 1.29 is 17.9 Å². The van der Waals surface area contributed by atoms with Gasteiger partial charge in [-0.2, -0.15) is 0 Å². The molecule has 28 heavy (non-hydrogen) atoms. The molecule has 1 saturated heterocycles. The molecule has 140 valence electrons. The van der Waals surface area contributed by atoms with E-state index in [1.54, 1.807) is 30.3 Å². The summed E-state index contributed by atoms with van der Waals surface area (Å²) in [5.41, 5.74) is 3.93. The number of hydrogen-bond donors (Lipinski definition) is 0. The maximum atomic E-state index is 13.3. The molecule has 2 bridgehead atoms. The van der Waals surface area contributed by atoms with E-state index in [-0.39, 0.29) is 28.8 Å². The smallest absolute Gasteiger partial charge is 0.268 e. The summed E-state index contributed by atoms with van der Waals surface area (Å²) in [6, 6.07) is 12.3. The summed E-state index contributed by atoms with van der Waals surface area (Å²) >= 11 is 0. The third kappa shape index (κ3) is 1.94. The Morgan fingerprint density at radius 2 is 1.86 bits per heavy atom. The summed E-state index contributed by atoms with van der Waals surface area (Å²) < 4.78 is 33.9. The SMILES string of the molecule is Cc1ccc(S(=O)(=O)n2cc3c4c(cccc42)C2=C[C@@H]4C[C@H](C3=O)[C@H]2O4)cc1. The number of rotatable bonds is 2. The highest BCUT2D eigenvalue weighted by Gasteiger charge is 2.49. The number of carbonyl (C=O) groups is 1. The van der Waals surface area contributed by atoms with E-state index in [1.165, 1.54) is 10.2 Å². The molecule has 0 unspecified atom stereocenters. The summed E-state index contributed by atoms with van der Waals surface area (Å²) in [5, 5.41) is 0.716. The third-order valence-corrected chi connectivity index (χ3v) is 7.82. The lowest BCUT2D eigenvalue weighted by atomic mass is 9.85. The maximum Gasteiger partial charge on any atom is 0.268 e. The minimum Gasteiger partial charge on any atom is -0.365 e. The highest BCUT2D eigenvalue weighted by Crippen LogP contribution is 2.49. The first-order valence-corrected chi connectivity index (χ1v) is 10.8. The van der Waals surface area contributed by atoms with E-state index in [4.69, 9.17) is 4.74 Å². The summed E-state index contributed by atoms with van der Waals surface area (Å²) in [7, 11) is -3.81. The Kier molecular flexibility index (Phi) is 3.03. The average Bonchev–Trinajstić information content (AvgIpc) is 3.38. The minimum absolute atomic E-state index is 0.0170. The summed E-state index contributed by atoms with van der Waals surface area (Å²) in [4.78, 5) is 13.5. The van der Waals surface area contributed by atoms with Gasteiger partial charge in [0.1, 0.15) is 0 Å². The van der Waals surface area contributed by atoms with Crippen LogP contribution >= 0.6 is 0 Å². The van der Waals surface area contributed by atoms with Gasteiger partial charge in [0.25, 0.3) is 10.0 Å². The van der Waals surface area contributed by atoms with Gasteiger partial charge in [-0.05, 0) is 48.8 Å². The van der Waals surface area contributed by atoms with Gasteiger partial charge < -0.3 is 4.74 Å². The molecule has 3 heterocycles. The zero-order valence-corrected chi connectivity index (χ0v) is 15.9. The Balaban J connectivity index is 1.66. The van der Waals surface area contributed by atoms with Crippen molar-refractivity contribution in [3.8, 4) is 0 Å². The van der Waals surface area contributed by atoms with Gasteiger partial charge in [0, 0.05) is 17.1 Å². The van der Waals surface area contributed by atoms with Crippen LogP contribution in [0.5, 0.6) is 0 Å². The topological polar surface area (TPSA) is 65.4 Å². The molecule has 0 radical (unpaired) electrons. The molecule has 0 saturated carbocycles. The van der Waals surface area contributed by atoms with Crippen LogP contribution < -0.4 is 0 Å². The van der Waals surface area contributed by atoms with Crippen LogP contribution in [-0.4, -0.2) is 30.4 Å². The van der Waals surface area contributed by atoms with Gasteiger partial charge in [-0.1, -0.05) is 29.8 Å². The van der Waals surface area contributed by atoms with Crippen molar-refractivity contribution in [2.75, 3.05) is 0 Å². The Labute approximate surface area is 162 Å². The van der Waals surface area contributed by atoms with Crippen molar-refractivity contribution in [3.63, 3.8) is 0 Å². The van der Waals surface area contributed by atoms with E-state index in [9.17, 15) is 13.2 Å². The molecule has 1 fully saturated rings. The van der Waals surface area contributed by atoms with Crippen LogP contribution in [0.3, 0.4) is 0 Å². The largest absolute Gasteiger partial charge is 0.365 e. The number of aryl methyl sites for hydroxylation is 1. The Morgan fingerprint density at radius 1 is 1.07 bits per heavy atom. The predicted molar refractivity (Wildman–Crippen MR) is 105 cm³/mol. The van der Waals surface area contributed by atoms with E-state index in [2.05, 4.69) is 6.08 Å². The number of nitrogens with zero attached hydrogens (tertiary/aromatic N) is 1. The van der Waals surface area contributed by atoms with Gasteiger partial charge >= 0.3 is 0 Å². The molecule has 6 rings (SSSR count). The molecule has 0 spiro atoms. The first-order valence-electron chi connectivity index (χ1n) is 9.33. The molecule has 2 aliphatic heterocycles. The monoisotopic (exact) mass is 391 g/mol. The van der Waals surface area contributed by atoms with Crippen LogP contribution in [0.15, 0.2) is 59.6 Å². The molecule has 3 aromatic rings. The quantitative estimate of drug-likeness (QED) is 0.670. The number of aromatic nitrogens is 1. The molecular formula is C22H17NO4S. The number of ketones is 1. The second-order valence-corrected chi connectivity index (χ2v) is 9.59. The van der Waals surface area contributed by atoms with Crippen LogP contribution in [0.1, 0.15) is 27.9 Å². The number of hydrogen-bond acceptors (Lipinski definition) is 4. The van der Waals surface area contributed by atoms with Crippen LogP contribution in [0.4, 0.5) is 0 Å². The molecule has 5 nitrogen and oxygen atoms in total. The first-order chi connectivity index (χ1) is 13.4. The molecule has 0 amide bonds. The lowest BCUT2D eigenvalue weighted by molar-refractivity contribution is 0.0825. The van der Waals surface area contributed by atoms with Crippen LogP contribution in [0.25, 0.3) is 16.5 Å². The second kappa shape index (κ2) is 5.21. The van der Waals surface area contributed by atoms with Crippen LogP contribution in [0, 0.1) is 12.8 Å². The van der Waals surface area contributed by atoms with Gasteiger partial charge in [-0.25, -0.2) is 12.4 Å². The van der Waals surface area contributed by atoms with E-state index in [0.717, 1.165) is 16.7 Å². The number of Topliss-reactive ketones (excluding diaryl/α,β-unsaturated/α-hetero) is 1. The van der Waals surface area contributed by atoms with Gasteiger partial charge in [0.15, 0.2) is 5.78 Å². The summed E-state index contributed by atoms with van der Waals surface area (Å²) in [6.07, 6.45) is 4.03. The van der Waals surface area contributed by atoms with Crippen molar-refractivity contribution in [1.29, 1.82) is 0 Å². The molecule has 0 N–H and O–H groups in total. The molecule has 3 atom stereocenters. The van der Waals surface area contributed by atoms with E-state index < -0.39 is 10.0 Å². The highest BCUT2D eigenvalue weighted by molar-refractivity contribution is 7.90. The van der Waals surface area contributed by atoms with Crippen molar-refractivity contribution in [3.05, 3.63) is 71.4 Å². The van der Waals surface area contributed by atoms with Gasteiger partial charge in [0.05, 0.1) is 28.5 Å². The molecule has 1 aliphatic carbocycles. The van der Waals surface area contributed by atoms with Crippen LogP contribution in [0.2, 0.25) is 0 Å². The fraction of sp³-hybridized carbons (Fsp3) is 0.227. The zero-order chi connectivity index (χ0) is 19.2. The number of benzene rings is 2. The Morgan fingerprint density at radius 3 is 2.61 bits per heavy atom. The molecule has 2 aromatic carbocycles. The molecule has 1 aromatic heterocycles. The molecule has 6 heteroatoms. The standard InChI is InChI=1S/C22H17NO4S/c1-12-5-7-14(8-6-12)28(25,26)23-11-18-20-15(3-2-4-19(20)23)16-9-13-10-17(21(18)24)22(16)27-13/h2-9,11,13,17,22H,10H2,1H3/t13-,17-,22+/m1/s1. The summed E-state index contributed by atoms with van der Waals surface area (Å²) in [6.45, 7) is 1.91. The second-order valence-electron chi connectivity index (χ2n) is 7.78. The molecule has 3 aliphatic rings. The zero-order valence-electron chi connectivity index (χ0n) is 15.1. The first kappa shape index (κ1) is 16.3. The fourth-order valence-electron chi connectivity index (χ4n) is 4.80. The van der Waals surface area contributed by atoms with Crippen molar-refractivity contribution in [2.45, 2.75) is 30.4 Å². The van der Waals surface area contributed by atoms with Gasteiger partial charge in [-0.3, -0.25) is 4.79 Å². The summed E-state index contributed by atoms with van der Waals surface area (Å²) in [5.74, 6) is -0.260. The lowest BCUT2D eigenvalue weighted by Crippen LogP contribution is -2.24. The van der Waals surface area contributed by atoms with E-state index >= 15 is 0 Å². The molecular weight excluding hydrogens is 374 g/mol. The normalized spacial score (nSPS) is 25.2. The number of carbonyl (C=O) groups excluding carboxylic acids is 1. The highest BCUT2D eigenvalue weighted by atomic mass is 32.2.